The van der Waals surface area contributed by atoms with Crippen LogP contribution in [0.3, 0.4) is 0 Å². The van der Waals surface area contributed by atoms with Gasteiger partial charge >= 0.3 is 12.4 Å². The average Bonchev–Trinajstić information content (AvgIpc) is 3.52. The number of tetrazole rings is 1. The maximum atomic E-state index is 13.8. The van der Waals surface area contributed by atoms with Gasteiger partial charge in [0.2, 0.25) is 0 Å². The fourth-order valence-corrected chi connectivity index (χ4v) is 4.37. The number of rotatable bonds is 6. The number of pyridine rings is 1. The van der Waals surface area contributed by atoms with Crippen LogP contribution in [0.15, 0.2) is 36.5 Å². The Morgan fingerprint density at radius 1 is 1.02 bits per heavy atom. The smallest absolute Gasteiger partial charge is 0.355 e. The van der Waals surface area contributed by atoms with Crippen LogP contribution in [0, 0.1) is 10.5 Å². The molecular weight excluding hydrogens is 663 g/mol. The zero-order chi connectivity index (χ0) is 29.4. The van der Waals surface area contributed by atoms with Crippen LogP contribution in [0.5, 0.6) is 0 Å². The van der Waals surface area contributed by atoms with E-state index < -0.39 is 53.6 Å². The molecule has 3 aromatic heterocycles. The van der Waals surface area contributed by atoms with Crippen molar-refractivity contribution >= 4 is 40.1 Å². The molecule has 4 rings (SSSR count). The lowest BCUT2D eigenvalue weighted by molar-refractivity contribution is -0.145. The van der Waals surface area contributed by atoms with Crippen LogP contribution in [0.1, 0.15) is 43.5 Å². The summed E-state index contributed by atoms with van der Waals surface area (Å²) in [5, 5.41) is 18.4. The first kappa shape index (κ1) is 28.9. The first-order valence-electron chi connectivity index (χ1n) is 11.0. The van der Waals surface area contributed by atoms with Gasteiger partial charge in [-0.1, -0.05) is 0 Å². The molecular formula is C22H16F6IN9O2. The Morgan fingerprint density at radius 2 is 1.75 bits per heavy atom. The predicted octanol–water partition coefficient (Wildman–Crippen LogP) is 3.86. The van der Waals surface area contributed by atoms with Gasteiger partial charge < -0.3 is 10.6 Å². The normalized spacial score (nSPS) is 11.9. The van der Waals surface area contributed by atoms with Crippen molar-refractivity contribution in [1.29, 1.82) is 0 Å². The zero-order valence-corrected chi connectivity index (χ0v) is 22.4. The third-order valence-corrected chi connectivity index (χ3v) is 5.93. The lowest BCUT2D eigenvalue weighted by Gasteiger charge is -2.16. The Balaban J connectivity index is 1.82. The number of anilines is 1. The van der Waals surface area contributed by atoms with E-state index in [4.69, 9.17) is 0 Å². The van der Waals surface area contributed by atoms with Gasteiger partial charge in [0.25, 0.3) is 17.6 Å². The molecule has 0 aliphatic rings. The summed E-state index contributed by atoms with van der Waals surface area (Å²) in [6.45, 7) is 1.04. The highest BCUT2D eigenvalue weighted by atomic mass is 127. The van der Waals surface area contributed by atoms with Crippen LogP contribution >= 0.6 is 22.6 Å². The van der Waals surface area contributed by atoms with Crippen molar-refractivity contribution in [3.8, 4) is 5.82 Å². The molecule has 210 valence electrons. The summed E-state index contributed by atoms with van der Waals surface area (Å²) >= 11 is 1.98. The minimum atomic E-state index is -4.89. The predicted molar refractivity (Wildman–Crippen MR) is 134 cm³/mol. The quantitative estimate of drug-likeness (QED) is 0.234. The number of nitrogens with one attached hydrogen (secondary N) is 2. The Kier molecular flexibility index (Phi) is 7.81. The summed E-state index contributed by atoms with van der Waals surface area (Å²) in [4.78, 5) is 30.2. The topological polar surface area (TPSA) is 133 Å². The van der Waals surface area contributed by atoms with Crippen LogP contribution in [0.25, 0.3) is 5.82 Å². The van der Waals surface area contributed by atoms with Gasteiger partial charge in [0.1, 0.15) is 17.8 Å². The summed E-state index contributed by atoms with van der Waals surface area (Å²) in [7, 11) is 1.38. The number of halogens is 7. The molecule has 0 aliphatic heterocycles. The monoisotopic (exact) mass is 679 g/mol. The molecule has 2 N–H and O–H groups in total. The third kappa shape index (κ3) is 6.05. The lowest BCUT2D eigenvalue weighted by atomic mass is 10.1. The van der Waals surface area contributed by atoms with Crippen LogP contribution in [-0.2, 0) is 18.9 Å². The van der Waals surface area contributed by atoms with Crippen molar-refractivity contribution in [2.24, 2.45) is 0 Å². The molecule has 0 atom stereocenters. The number of carbonyl (C=O) groups is 2. The van der Waals surface area contributed by atoms with Gasteiger partial charge in [-0.15, -0.1) is 10.2 Å². The molecule has 11 nitrogen and oxygen atoms in total. The summed E-state index contributed by atoms with van der Waals surface area (Å²) in [5.41, 5.74) is -1.22. The van der Waals surface area contributed by atoms with Gasteiger partial charge in [0.05, 0.1) is 16.9 Å². The number of alkyl halides is 6. The first-order chi connectivity index (χ1) is 18.7. The number of nitrogens with zero attached hydrogens (tertiary/aromatic N) is 7. The van der Waals surface area contributed by atoms with Crippen LogP contribution < -0.4 is 10.6 Å². The van der Waals surface area contributed by atoms with E-state index in [1.165, 1.54) is 13.1 Å². The van der Waals surface area contributed by atoms with Crippen LogP contribution in [0.4, 0.5) is 32.0 Å². The van der Waals surface area contributed by atoms with Crippen molar-refractivity contribution in [3.63, 3.8) is 0 Å². The van der Waals surface area contributed by atoms with Gasteiger partial charge in [-0.2, -0.15) is 36.2 Å². The molecule has 1 aromatic carbocycles. The van der Waals surface area contributed by atoms with Crippen LogP contribution in [0.2, 0.25) is 0 Å². The van der Waals surface area contributed by atoms with Crippen molar-refractivity contribution in [3.05, 3.63) is 74.0 Å². The minimum absolute atomic E-state index is 0.0869. The Morgan fingerprint density at radius 3 is 2.38 bits per heavy atom. The standard InChI is InChI=1S/C22H16F6IN9O2/c1-10-6-11(29)7-13(18(39)30-2)16(10)32-19(40)15-8-12(9-37-35-20(33-36-37)22(26,27)28)34-38(15)17-14(21(23,24)25)4-3-5-31-17/h3-8H,9H2,1-2H3,(H,30,39)(H,32,40). The fourth-order valence-electron chi connectivity index (χ4n) is 3.59. The average molecular weight is 679 g/mol. The molecule has 40 heavy (non-hydrogen) atoms. The van der Waals surface area contributed by atoms with E-state index in [1.807, 2.05) is 22.6 Å². The third-order valence-electron chi connectivity index (χ3n) is 5.31. The molecule has 0 unspecified atom stereocenters. The molecule has 3 heterocycles. The number of amides is 2. The number of hydrogen-bond donors (Lipinski definition) is 2. The molecule has 2 amide bonds. The van der Waals surface area contributed by atoms with Gasteiger partial charge in [-0.3, -0.25) is 9.59 Å². The molecule has 0 radical (unpaired) electrons. The number of hydrogen-bond acceptors (Lipinski definition) is 7. The van der Waals surface area contributed by atoms with E-state index in [0.717, 1.165) is 24.4 Å². The second kappa shape index (κ2) is 10.8. The molecule has 0 fully saturated rings. The van der Waals surface area contributed by atoms with Crippen LogP contribution in [-0.4, -0.2) is 53.8 Å². The van der Waals surface area contributed by atoms with Gasteiger partial charge in [-0.05, 0) is 70.6 Å². The van der Waals surface area contributed by atoms with E-state index in [1.54, 1.807) is 13.0 Å². The highest BCUT2D eigenvalue weighted by Gasteiger charge is 2.38. The van der Waals surface area contributed by atoms with Gasteiger partial charge in [0.15, 0.2) is 5.82 Å². The van der Waals surface area contributed by atoms with E-state index in [-0.39, 0.29) is 16.9 Å². The molecule has 0 saturated heterocycles. The highest BCUT2D eigenvalue weighted by molar-refractivity contribution is 14.1. The Bertz CT molecular complexity index is 1600. The molecule has 0 bridgehead atoms. The number of benzene rings is 1. The Labute approximate surface area is 234 Å². The lowest BCUT2D eigenvalue weighted by Crippen LogP contribution is -2.24. The van der Waals surface area contributed by atoms with Crippen molar-refractivity contribution in [2.45, 2.75) is 25.8 Å². The van der Waals surface area contributed by atoms with Crippen molar-refractivity contribution in [1.82, 2.24) is 40.3 Å². The van der Waals surface area contributed by atoms with Gasteiger partial charge in [-0.25, -0.2) is 9.67 Å². The number of carbonyl (C=O) groups excluding carboxylic acids is 2. The van der Waals surface area contributed by atoms with E-state index in [2.05, 4.69) is 36.1 Å². The van der Waals surface area contributed by atoms with E-state index >= 15 is 0 Å². The summed E-state index contributed by atoms with van der Waals surface area (Å²) < 4.78 is 81.3. The largest absolute Gasteiger partial charge is 0.455 e. The van der Waals surface area contributed by atoms with E-state index in [9.17, 15) is 35.9 Å². The molecule has 4 aromatic rings. The second-order valence-corrected chi connectivity index (χ2v) is 9.37. The van der Waals surface area contributed by atoms with Gasteiger partial charge in [0, 0.05) is 16.8 Å². The molecule has 0 spiro atoms. The summed E-state index contributed by atoms with van der Waals surface area (Å²) in [6, 6.07) is 5.98. The molecule has 0 aliphatic carbocycles. The second-order valence-electron chi connectivity index (χ2n) is 8.12. The van der Waals surface area contributed by atoms with E-state index in [0.29, 0.717) is 18.6 Å². The van der Waals surface area contributed by atoms with Crippen molar-refractivity contribution < 1.29 is 35.9 Å². The molecule has 0 saturated carbocycles. The summed E-state index contributed by atoms with van der Waals surface area (Å²) in [5.74, 6) is -3.81. The maximum absolute atomic E-state index is 13.8. The maximum Gasteiger partial charge on any atom is 0.455 e. The zero-order valence-electron chi connectivity index (χ0n) is 20.3. The Hall–Kier alpha value is -4.10. The molecule has 18 heteroatoms. The fraction of sp³-hybridized carbons (Fsp3) is 0.227. The highest BCUT2D eigenvalue weighted by Crippen LogP contribution is 2.33. The first-order valence-corrected chi connectivity index (χ1v) is 12.1. The number of aryl methyl sites for hydroxylation is 1. The minimum Gasteiger partial charge on any atom is -0.355 e. The summed E-state index contributed by atoms with van der Waals surface area (Å²) in [6.07, 6.45) is -8.72. The number of aromatic nitrogens is 7. The SMILES string of the molecule is CNC(=O)c1cc(I)cc(C)c1NC(=O)c1cc(Cn2nnc(C(F)(F)F)n2)nn1-c1ncccc1C(F)(F)F. The van der Waals surface area contributed by atoms with Crippen molar-refractivity contribution in [2.75, 3.05) is 12.4 Å².